The molecule has 2 aromatic carbocycles. The highest BCUT2D eigenvalue weighted by Gasteiger charge is 2.40. The number of hydrazone groups is 1. The molecule has 1 aromatic heterocycles. The predicted molar refractivity (Wildman–Crippen MR) is 142 cm³/mol. The monoisotopic (exact) mass is 522 g/mol. The van der Waals surface area contributed by atoms with E-state index in [9.17, 15) is 14.7 Å². The lowest BCUT2D eigenvalue weighted by Gasteiger charge is -2.24. The molecular formula is C25H23ClN6O3S. The van der Waals surface area contributed by atoms with Crippen LogP contribution in [-0.4, -0.2) is 40.7 Å². The van der Waals surface area contributed by atoms with Crippen molar-refractivity contribution in [2.45, 2.75) is 32.5 Å². The number of hydrogen-bond donors (Lipinski definition) is 4. The molecule has 36 heavy (non-hydrogen) atoms. The van der Waals surface area contributed by atoms with Crippen LogP contribution in [0.2, 0.25) is 5.02 Å². The number of phenols is 1. The second kappa shape index (κ2) is 9.29. The Balaban J connectivity index is 1.61. The van der Waals surface area contributed by atoms with Crippen LogP contribution in [0.4, 0.5) is 10.7 Å². The van der Waals surface area contributed by atoms with Gasteiger partial charge in [0.25, 0.3) is 5.91 Å². The van der Waals surface area contributed by atoms with Crippen LogP contribution >= 0.6 is 22.9 Å². The van der Waals surface area contributed by atoms with Crippen LogP contribution in [0.5, 0.6) is 5.75 Å². The van der Waals surface area contributed by atoms with Crippen molar-refractivity contribution in [3.05, 3.63) is 75.1 Å². The standard InChI is InChI=1S/C25H23ClN6O3S/c1-12-20-21(14-3-5-15(26)6-4-14)29-18(11-19(34)28-16-7-9-17(33)10-8-16)24-31-30-13(2)32(24)25(20)36-22(12)23(27)35/h3-10,13,18,30,33H,11H2,1-2H3,(H2,27,35)(H,28,34). The number of nitrogens with zero attached hydrogens (tertiary/aromatic N) is 3. The number of nitrogens with two attached hydrogens (primary N) is 1. The van der Waals surface area contributed by atoms with E-state index in [-0.39, 0.29) is 24.2 Å². The number of carbonyl (C=O) groups excluding carboxylic acids is 2. The SMILES string of the molecule is Cc1c(C(N)=O)sc2c1C(c1ccc(Cl)cc1)=NC(CC(=O)Nc1ccc(O)cc1)C1=NNC(C)N12. The lowest BCUT2D eigenvalue weighted by Crippen LogP contribution is -2.42. The summed E-state index contributed by atoms with van der Waals surface area (Å²) in [5.74, 6) is -0.0799. The Kier molecular flexibility index (Phi) is 6.15. The van der Waals surface area contributed by atoms with Gasteiger partial charge >= 0.3 is 0 Å². The molecule has 184 valence electrons. The summed E-state index contributed by atoms with van der Waals surface area (Å²) in [6.45, 7) is 3.80. The first kappa shape index (κ1) is 23.8. The maximum atomic E-state index is 13.0. The lowest BCUT2D eigenvalue weighted by atomic mass is 9.99. The van der Waals surface area contributed by atoms with Crippen molar-refractivity contribution in [2.24, 2.45) is 15.8 Å². The van der Waals surface area contributed by atoms with Crippen LogP contribution in [-0.2, 0) is 4.79 Å². The summed E-state index contributed by atoms with van der Waals surface area (Å²) in [6, 6.07) is 12.9. The van der Waals surface area contributed by atoms with Crippen LogP contribution in [0, 0.1) is 6.92 Å². The number of hydrogen-bond acceptors (Lipinski definition) is 8. The Labute approximate surface area is 216 Å². The first-order chi connectivity index (χ1) is 17.2. The molecule has 11 heteroatoms. The lowest BCUT2D eigenvalue weighted by molar-refractivity contribution is -0.116. The highest BCUT2D eigenvalue weighted by Crippen LogP contribution is 2.42. The molecule has 0 saturated heterocycles. The Morgan fingerprint density at radius 1 is 1.19 bits per heavy atom. The number of fused-ring (bicyclic) bond motifs is 3. The van der Waals surface area contributed by atoms with Gasteiger partial charge in [-0.1, -0.05) is 23.7 Å². The van der Waals surface area contributed by atoms with Crippen LogP contribution in [0.1, 0.15) is 39.7 Å². The Morgan fingerprint density at radius 3 is 2.56 bits per heavy atom. The molecule has 5 N–H and O–H groups in total. The van der Waals surface area contributed by atoms with E-state index in [1.807, 2.05) is 30.9 Å². The molecule has 5 rings (SSSR count). The number of primary amides is 1. The van der Waals surface area contributed by atoms with Crippen molar-refractivity contribution in [3.8, 4) is 5.75 Å². The third-order valence-electron chi connectivity index (χ3n) is 6.04. The van der Waals surface area contributed by atoms with E-state index >= 15 is 0 Å². The first-order valence-electron chi connectivity index (χ1n) is 11.2. The number of rotatable bonds is 5. The molecule has 2 amide bonds. The van der Waals surface area contributed by atoms with Crippen LogP contribution in [0.25, 0.3) is 0 Å². The van der Waals surface area contributed by atoms with Gasteiger partial charge in [-0.2, -0.15) is 5.10 Å². The van der Waals surface area contributed by atoms with Gasteiger partial charge in [-0.05, 0) is 55.8 Å². The highest BCUT2D eigenvalue weighted by atomic mass is 35.5. The Hall–Kier alpha value is -3.89. The second-order valence-corrected chi connectivity index (χ2v) is 9.98. The van der Waals surface area contributed by atoms with Crippen molar-refractivity contribution < 1.29 is 14.7 Å². The number of amides is 2. The Morgan fingerprint density at radius 2 is 1.89 bits per heavy atom. The van der Waals surface area contributed by atoms with Gasteiger partial charge in [-0.3, -0.25) is 24.9 Å². The van der Waals surface area contributed by atoms with E-state index in [0.717, 1.165) is 21.7 Å². The van der Waals surface area contributed by atoms with Gasteiger partial charge in [-0.25, -0.2) is 0 Å². The smallest absolute Gasteiger partial charge is 0.259 e. The van der Waals surface area contributed by atoms with E-state index in [1.165, 1.54) is 23.5 Å². The van der Waals surface area contributed by atoms with Gasteiger partial charge in [-0.15, -0.1) is 11.3 Å². The molecule has 2 unspecified atom stereocenters. The fourth-order valence-corrected chi connectivity index (χ4v) is 5.72. The summed E-state index contributed by atoms with van der Waals surface area (Å²) in [5, 5.41) is 18.3. The van der Waals surface area contributed by atoms with Gasteiger partial charge in [0.15, 0.2) is 5.84 Å². The Bertz CT molecular complexity index is 1410. The average Bonchev–Trinajstić information content (AvgIpc) is 3.34. The quantitative estimate of drug-likeness (QED) is 0.378. The topological polar surface area (TPSA) is 132 Å². The van der Waals surface area contributed by atoms with Gasteiger partial charge in [0.05, 0.1) is 17.0 Å². The molecule has 3 aromatic rings. The van der Waals surface area contributed by atoms with Crippen LogP contribution in [0.15, 0.2) is 58.6 Å². The predicted octanol–water partition coefficient (Wildman–Crippen LogP) is 3.83. The van der Waals surface area contributed by atoms with Gasteiger partial charge in [0.2, 0.25) is 5.91 Å². The molecular weight excluding hydrogens is 500 g/mol. The number of phenolic OH excluding ortho intramolecular Hbond substituents is 1. The fourth-order valence-electron chi connectivity index (χ4n) is 4.34. The van der Waals surface area contributed by atoms with E-state index in [2.05, 4.69) is 15.8 Å². The zero-order valence-corrected chi connectivity index (χ0v) is 21.0. The number of benzene rings is 2. The molecule has 0 radical (unpaired) electrons. The molecule has 2 aliphatic heterocycles. The summed E-state index contributed by atoms with van der Waals surface area (Å²) in [6.07, 6.45) is -0.196. The fraction of sp³-hybridized carbons (Fsp3) is 0.200. The zero-order chi connectivity index (χ0) is 25.6. The van der Waals surface area contributed by atoms with Gasteiger partial charge in [0, 0.05) is 21.8 Å². The first-order valence-corrected chi connectivity index (χ1v) is 12.4. The summed E-state index contributed by atoms with van der Waals surface area (Å²) in [4.78, 5) is 32.7. The number of halogens is 1. The maximum Gasteiger partial charge on any atom is 0.259 e. The van der Waals surface area contributed by atoms with Crippen molar-refractivity contribution in [1.29, 1.82) is 0 Å². The van der Waals surface area contributed by atoms with Crippen LogP contribution < -0.4 is 21.4 Å². The van der Waals surface area contributed by atoms with E-state index in [1.54, 1.807) is 24.3 Å². The molecule has 9 nitrogen and oxygen atoms in total. The third-order valence-corrected chi connectivity index (χ3v) is 7.60. The largest absolute Gasteiger partial charge is 0.508 e. The number of carbonyl (C=O) groups is 2. The molecule has 0 bridgehead atoms. The van der Waals surface area contributed by atoms with E-state index in [0.29, 0.717) is 27.1 Å². The third kappa shape index (κ3) is 4.29. The van der Waals surface area contributed by atoms with Gasteiger partial charge < -0.3 is 16.2 Å². The number of aromatic hydroxyl groups is 1. The van der Waals surface area contributed by atoms with Crippen molar-refractivity contribution in [3.63, 3.8) is 0 Å². The molecule has 2 aliphatic rings. The van der Waals surface area contributed by atoms with Gasteiger partial charge in [0.1, 0.15) is 23.0 Å². The highest BCUT2D eigenvalue weighted by molar-refractivity contribution is 7.19. The van der Waals surface area contributed by atoms with Crippen molar-refractivity contribution in [2.75, 3.05) is 10.2 Å². The second-order valence-electron chi connectivity index (χ2n) is 8.55. The molecule has 0 aliphatic carbocycles. The molecule has 0 fully saturated rings. The number of anilines is 2. The number of amidine groups is 1. The summed E-state index contributed by atoms with van der Waals surface area (Å²) < 4.78 is 0. The normalized spacial score (nSPS) is 18.4. The minimum absolute atomic E-state index is 0.0262. The zero-order valence-electron chi connectivity index (χ0n) is 19.4. The maximum absolute atomic E-state index is 13.0. The molecule has 3 heterocycles. The average molecular weight is 523 g/mol. The molecule has 2 atom stereocenters. The summed E-state index contributed by atoms with van der Waals surface area (Å²) in [7, 11) is 0. The van der Waals surface area contributed by atoms with Crippen LogP contribution in [0.3, 0.4) is 0 Å². The molecule has 0 spiro atoms. The summed E-state index contributed by atoms with van der Waals surface area (Å²) >= 11 is 7.43. The van der Waals surface area contributed by atoms with Crippen molar-refractivity contribution >= 4 is 57.0 Å². The van der Waals surface area contributed by atoms with Crippen molar-refractivity contribution in [1.82, 2.24) is 5.43 Å². The minimum Gasteiger partial charge on any atom is -0.508 e. The van der Waals surface area contributed by atoms with E-state index in [4.69, 9.17) is 22.3 Å². The minimum atomic E-state index is -0.610. The number of aliphatic imine (C=N–C) groups is 1. The van der Waals surface area contributed by atoms with E-state index < -0.39 is 11.9 Å². The summed E-state index contributed by atoms with van der Waals surface area (Å²) in [5.41, 5.74) is 12.3. The number of nitrogens with one attached hydrogen (secondary N) is 2. The molecule has 0 saturated carbocycles. The number of thiophene rings is 1.